The molecule has 0 saturated heterocycles. The molecule has 1 heterocycles. The topological polar surface area (TPSA) is 97.4 Å². The molecule has 7 nitrogen and oxygen atoms in total. The number of urea groups is 1. The molecule has 1 aromatic carbocycles. The van der Waals surface area contributed by atoms with Gasteiger partial charge in [0.2, 0.25) is 0 Å². The van der Waals surface area contributed by atoms with Gasteiger partial charge in [0.15, 0.2) is 6.10 Å². The van der Waals surface area contributed by atoms with Gasteiger partial charge < -0.3 is 10.1 Å². The summed E-state index contributed by atoms with van der Waals surface area (Å²) in [5.41, 5.74) is 1.39. The lowest BCUT2D eigenvalue weighted by Gasteiger charge is -2.14. The van der Waals surface area contributed by atoms with Gasteiger partial charge in [-0.2, -0.15) is 0 Å². The van der Waals surface area contributed by atoms with Crippen molar-refractivity contribution in [1.82, 2.24) is 15.6 Å². The van der Waals surface area contributed by atoms with Gasteiger partial charge in [0.25, 0.3) is 5.91 Å². The monoisotopic (exact) mass is 349 g/mol. The number of pyridine rings is 1. The largest absolute Gasteiger partial charge is 0.449 e. The van der Waals surface area contributed by atoms with Crippen LogP contribution in [-0.4, -0.2) is 36.0 Å². The molecule has 0 fully saturated rings. The van der Waals surface area contributed by atoms with E-state index in [1.54, 1.807) is 31.2 Å². The highest BCUT2D eigenvalue weighted by atomic mass is 35.5. The lowest BCUT2D eigenvalue weighted by molar-refractivity contribution is -0.127. The van der Waals surface area contributed by atoms with E-state index < -0.39 is 24.0 Å². The van der Waals surface area contributed by atoms with Gasteiger partial charge in [-0.05, 0) is 38.1 Å². The number of nitrogens with zero attached hydrogens (tertiary/aromatic N) is 1. The van der Waals surface area contributed by atoms with Crippen LogP contribution in [0.1, 0.15) is 23.0 Å². The molecular formula is C16H16ClN3O4. The molecule has 24 heavy (non-hydrogen) atoms. The van der Waals surface area contributed by atoms with E-state index in [2.05, 4.69) is 10.3 Å². The SMILES string of the molecule is CNC(=O)NC(=O)C(C)OC(=O)c1cc2cc(Cl)ccc2nc1C. The van der Waals surface area contributed by atoms with Crippen LogP contribution in [0.25, 0.3) is 10.9 Å². The second kappa shape index (κ2) is 7.27. The van der Waals surface area contributed by atoms with Crippen molar-refractivity contribution in [2.45, 2.75) is 20.0 Å². The van der Waals surface area contributed by atoms with E-state index in [1.807, 2.05) is 5.32 Å². The fraction of sp³-hybridized carbons (Fsp3) is 0.250. The molecule has 0 radical (unpaired) electrons. The summed E-state index contributed by atoms with van der Waals surface area (Å²) < 4.78 is 5.10. The number of carbonyl (C=O) groups is 3. The predicted octanol–water partition coefficient (Wildman–Crippen LogP) is 2.20. The third-order valence-corrected chi connectivity index (χ3v) is 3.54. The summed E-state index contributed by atoms with van der Waals surface area (Å²) in [6.07, 6.45) is -1.13. The van der Waals surface area contributed by atoms with Gasteiger partial charge in [-0.3, -0.25) is 15.1 Å². The van der Waals surface area contributed by atoms with Crippen LogP contribution in [0, 0.1) is 6.92 Å². The molecule has 1 aromatic heterocycles. The van der Waals surface area contributed by atoms with Crippen LogP contribution in [0.15, 0.2) is 24.3 Å². The number of imide groups is 1. The Morgan fingerprint density at radius 1 is 1.25 bits per heavy atom. The van der Waals surface area contributed by atoms with Crippen molar-refractivity contribution in [2.24, 2.45) is 0 Å². The van der Waals surface area contributed by atoms with Crippen LogP contribution in [0.2, 0.25) is 5.02 Å². The third-order valence-electron chi connectivity index (χ3n) is 3.30. The van der Waals surface area contributed by atoms with Crippen LogP contribution < -0.4 is 10.6 Å². The lowest BCUT2D eigenvalue weighted by atomic mass is 10.1. The smallest absolute Gasteiger partial charge is 0.340 e. The van der Waals surface area contributed by atoms with Crippen molar-refractivity contribution in [3.63, 3.8) is 0 Å². The number of hydrogen-bond acceptors (Lipinski definition) is 5. The van der Waals surface area contributed by atoms with Crippen LogP contribution >= 0.6 is 11.6 Å². The molecule has 126 valence electrons. The van der Waals surface area contributed by atoms with Crippen molar-refractivity contribution in [1.29, 1.82) is 0 Å². The van der Waals surface area contributed by atoms with Crippen molar-refractivity contribution in [3.05, 3.63) is 40.5 Å². The second-order valence-corrected chi connectivity index (χ2v) is 5.51. The summed E-state index contributed by atoms with van der Waals surface area (Å²) in [6.45, 7) is 3.04. The summed E-state index contributed by atoms with van der Waals surface area (Å²) in [5.74, 6) is -1.43. The lowest BCUT2D eigenvalue weighted by Crippen LogP contribution is -2.43. The van der Waals surface area contributed by atoms with E-state index in [4.69, 9.17) is 16.3 Å². The summed E-state index contributed by atoms with van der Waals surface area (Å²) >= 11 is 5.94. The highest BCUT2D eigenvalue weighted by Gasteiger charge is 2.22. The molecule has 1 atom stereocenters. The Balaban J connectivity index is 2.20. The maximum atomic E-state index is 12.3. The fourth-order valence-electron chi connectivity index (χ4n) is 2.00. The Labute approximate surface area is 143 Å². The molecule has 0 spiro atoms. The number of ether oxygens (including phenoxy) is 1. The summed E-state index contributed by atoms with van der Waals surface area (Å²) in [4.78, 5) is 39.5. The quantitative estimate of drug-likeness (QED) is 0.828. The molecule has 2 N–H and O–H groups in total. The zero-order valence-electron chi connectivity index (χ0n) is 13.3. The highest BCUT2D eigenvalue weighted by Crippen LogP contribution is 2.21. The first-order chi connectivity index (χ1) is 11.3. The summed E-state index contributed by atoms with van der Waals surface area (Å²) in [7, 11) is 1.37. The number of esters is 1. The Kier molecular flexibility index (Phi) is 5.35. The molecule has 0 aliphatic heterocycles. The minimum absolute atomic E-state index is 0.226. The van der Waals surface area contributed by atoms with Gasteiger partial charge in [-0.25, -0.2) is 9.59 Å². The molecule has 8 heteroatoms. The molecule has 1 unspecified atom stereocenters. The zero-order valence-corrected chi connectivity index (χ0v) is 14.1. The van der Waals surface area contributed by atoms with E-state index in [0.717, 1.165) is 0 Å². The highest BCUT2D eigenvalue weighted by molar-refractivity contribution is 6.31. The Hall–Kier alpha value is -2.67. The number of fused-ring (bicyclic) bond motifs is 1. The van der Waals surface area contributed by atoms with E-state index in [0.29, 0.717) is 21.6 Å². The first-order valence-electron chi connectivity index (χ1n) is 7.12. The number of benzene rings is 1. The van der Waals surface area contributed by atoms with E-state index in [-0.39, 0.29) is 5.56 Å². The third kappa shape index (κ3) is 3.99. The standard InChI is InChI=1S/C16H16ClN3O4/c1-8-12(7-10-6-11(17)4-5-13(10)19-8)15(22)24-9(2)14(21)20-16(23)18-3/h4-7,9H,1-3H3,(H2,18,20,21,23). The number of aromatic nitrogens is 1. The molecular weight excluding hydrogens is 334 g/mol. The van der Waals surface area contributed by atoms with Crippen LogP contribution in [0.4, 0.5) is 4.79 Å². The Morgan fingerprint density at radius 2 is 1.96 bits per heavy atom. The molecule has 0 aliphatic carbocycles. The van der Waals surface area contributed by atoms with Gasteiger partial charge in [0.1, 0.15) is 0 Å². The molecule has 0 saturated carbocycles. The van der Waals surface area contributed by atoms with Gasteiger partial charge in [0, 0.05) is 17.5 Å². The number of aryl methyl sites for hydroxylation is 1. The normalized spacial score (nSPS) is 11.7. The Morgan fingerprint density at radius 3 is 2.62 bits per heavy atom. The fourth-order valence-corrected chi connectivity index (χ4v) is 2.18. The number of nitrogens with one attached hydrogen (secondary N) is 2. The number of carbonyl (C=O) groups excluding carboxylic acids is 3. The summed E-state index contributed by atoms with van der Waals surface area (Å²) in [5, 5.41) is 5.48. The van der Waals surface area contributed by atoms with Crippen molar-refractivity contribution >= 4 is 40.4 Å². The van der Waals surface area contributed by atoms with Crippen molar-refractivity contribution in [3.8, 4) is 0 Å². The average Bonchev–Trinajstić information content (AvgIpc) is 2.54. The van der Waals surface area contributed by atoms with Gasteiger partial charge >= 0.3 is 12.0 Å². The first kappa shape index (κ1) is 17.7. The second-order valence-electron chi connectivity index (χ2n) is 5.07. The predicted molar refractivity (Wildman–Crippen MR) is 89.0 cm³/mol. The number of halogens is 1. The number of rotatable bonds is 3. The van der Waals surface area contributed by atoms with Crippen molar-refractivity contribution < 1.29 is 19.1 Å². The average molecular weight is 350 g/mol. The van der Waals surface area contributed by atoms with Crippen LogP contribution in [0.5, 0.6) is 0 Å². The molecule has 0 bridgehead atoms. The molecule has 2 rings (SSSR count). The maximum absolute atomic E-state index is 12.3. The minimum atomic E-state index is -1.13. The van der Waals surface area contributed by atoms with Gasteiger partial charge in [-0.15, -0.1) is 0 Å². The van der Waals surface area contributed by atoms with Crippen molar-refractivity contribution in [2.75, 3.05) is 7.05 Å². The van der Waals surface area contributed by atoms with Gasteiger partial charge in [-0.1, -0.05) is 11.6 Å². The summed E-state index contributed by atoms with van der Waals surface area (Å²) in [6, 6.07) is 6.07. The Bertz CT molecular complexity index is 822. The van der Waals surface area contributed by atoms with Crippen LogP contribution in [0.3, 0.4) is 0 Å². The first-order valence-corrected chi connectivity index (χ1v) is 7.50. The van der Waals surface area contributed by atoms with Gasteiger partial charge in [0.05, 0.1) is 16.8 Å². The van der Waals surface area contributed by atoms with Crippen LogP contribution in [-0.2, 0) is 9.53 Å². The molecule has 0 aliphatic rings. The van der Waals surface area contributed by atoms with E-state index in [1.165, 1.54) is 14.0 Å². The van der Waals surface area contributed by atoms with E-state index >= 15 is 0 Å². The zero-order chi connectivity index (χ0) is 17.9. The number of amides is 3. The minimum Gasteiger partial charge on any atom is -0.449 e. The maximum Gasteiger partial charge on any atom is 0.340 e. The number of hydrogen-bond donors (Lipinski definition) is 2. The van der Waals surface area contributed by atoms with E-state index in [9.17, 15) is 14.4 Å². The molecule has 2 aromatic rings. The molecule has 3 amide bonds.